The normalized spacial score (nSPS) is 10.4. The van der Waals surface area contributed by atoms with Crippen molar-refractivity contribution >= 4 is 0 Å². The number of hydrogen-bond donors (Lipinski definition) is 3. The third-order valence-corrected chi connectivity index (χ3v) is 2.78. The molecule has 0 saturated carbocycles. The number of benzene rings is 2. The molecule has 0 aliphatic carbocycles. The molecule has 3 nitrogen and oxygen atoms in total. The standard InChI is InChI=1S/C14H14O3/c1-2-9-6-7-10(13(16)8-9)11-4-3-5-12(15)14(11)17/h3-8,15-17H,2H2,1H3. The van der Waals surface area contributed by atoms with Crippen molar-refractivity contribution in [3.8, 4) is 28.4 Å². The summed E-state index contributed by atoms with van der Waals surface area (Å²) in [6.07, 6.45) is 0.833. The van der Waals surface area contributed by atoms with E-state index in [9.17, 15) is 15.3 Å². The Morgan fingerprint density at radius 3 is 2.29 bits per heavy atom. The van der Waals surface area contributed by atoms with E-state index in [2.05, 4.69) is 0 Å². The van der Waals surface area contributed by atoms with Crippen LogP contribution in [0.5, 0.6) is 17.2 Å². The summed E-state index contributed by atoms with van der Waals surface area (Å²) < 4.78 is 0. The summed E-state index contributed by atoms with van der Waals surface area (Å²) in [5.74, 6) is -0.307. The molecule has 0 aliphatic heterocycles. The van der Waals surface area contributed by atoms with Gasteiger partial charge in [-0.05, 0) is 24.1 Å². The number of para-hydroxylation sites is 1. The zero-order chi connectivity index (χ0) is 12.4. The molecule has 0 unspecified atom stereocenters. The molecule has 0 aliphatic rings. The minimum Gasteiger partial charge on any atom is -0.507 e. The molecule has 0 saturated heterocycles. The average molecular weight is 230 g/mol. The maximum Gasteiger partial charge on any atom is 0.165 e. The Morgan fingerprint density at radius 1 is 0.882 bits per heavy atom. The molecular weight excluding hydrogens is 216 g/mol. The molecule has 0 bridgehead atoms. The molecule has 2 aromatic rings. The van der Waals surface area contributed by atoms with Crippen molar-refractivity contribution in [1.82, 2.24) is 0 Å². The zero-order valence-corrected chi connectivity index (χ0v) is 9.51. The fraction of sp³-hybridized carbons (Fsp3) is 0.143. The predicted octanol–water partition coefficient (Wildman–Crippen LogP) is 3.03. The second-order valence-corrected chi connectivity index (χ2v) is 3.88. The van der Waals surface area contributed by atoms with E-state index < -0.39 is 0 Å². The van der Waals surface area contributed by atoms with Crippen LogP contribution in [0.3, 0.4) is 0 Å². The van der Waals surface area contributed by atoms with Gasteiger partial charge in [-0.15, -0.1) is 0 Å². The molecule has 0 spiro atoms. The van der Waals surface area contributed by atoms with E-state index in [4.69, 9.17) is 0 Å². The Labute approximate surface area is 99.6 Å². The van der Waals surface area contributed by atoms with E-state index in [-0.39, 0.29) is 17.2 Å². The van der Waals surface area contributed by atoms with Gasteiger partial charge in [-0.2, -0.15) is 0 Å². The molecule has 0 fully saturated rings. The van der Waals surface area contributed by atoms with Crippen molar-refractivity contribution in [2.75, 3.05) is 0 Å². The van der Waals surface area contributed by atoms with Crippen molar-refractivity contribution < 1.29 is 15.3 Å². The van der Waals surface area contributed by atoms with E-state index in [1.165, 1.54) is 6.07 Å². The molecule has 0 atom stereocenters. The average Bonchev–Trinajstić information content (AvgIpc) is 2.33. The summed E-state index contributed by atoms with van der Waals surface area (Å²) in [5, 5.41) is 29.1. The molecule has 0 radical (unpaired) electrons. The van der Waals surface area contributed by atoms with Crippen LogP contribution in [0.15, 0.2) is 36.4 Å². The van der Waals surface area contributed by atoms with Crippen LogP contribution in [0.4, 0.5) is 0 Å². The van der Waals surface area contributed by atoms with Gasteiger partial charge in [-0.25, -0.2) is 0 Å². The molecular formula is C14H14O3. The Hall–Kier alpha value is -2.16. The second kappa shape index (κ2) is 4.37. The maximum absolute atomic E-state index is 9.90. The number of aryl methyl sites for hydroxylation is 1. The van der Waals surface area contributed by atoms with Gasteiger partial charge in [-0.1, -0.05) is 31.2 Å². The van der Waals surface area contributed by atoms with Gasteiger partial charge in [0.25, 0.3) is 0 Å². The zero-order valence-electron chi connectivity index (χ0n) is 9.51. The Balaban J connectivity index is 2.57. The largest absolute Gasteiger partial charge is 0.507 e. The molecule has 0 heterocycles. The molecule has 0 amide bonds. The van der Waals surface area contributed by atoms with Crippen LogP contribution >= 0.6 is 0 Å². The topological polar surface area (TPSA) is 60.7 Å². The first-order valence-corrected chi connectivity index (χ1v) is 5.46. The Morgan fingerprint density at radius 2 is 1.65 bits per heavy atom. The minimum atomic E-state index is -0.216. The first kappa shape index (κ1) is 11.3. The number of aromatic hydroxyl groups is 3. The van der Waals surface area contributed by atoms with Crippen LogP contribution in [-0.2, 0) is 6.42 Å². The summed E-state index contributed by atoms with van der Waals surface area (Å²) in [6.45, 7) is 2.00. The lowest BCUT2D eigenvalue weighted by molar-refractivity contribution is 0.404. The molecule has 2 aromatic carbocycles. The number of rotatable bonds is 2. The van der Waals surface area contributed by atoms with E-state index in [1.807, 2.05) is 13.0 Å². The quantitative estimate of drug-likeness (QED) is 0.695. The highest BCUT2D eigenvalue weighted by Crippen LogP contribution is 2.40. The van der Waals surface area contributed by atoms with Gasteiger partial charge in [-0.3, -0.25) is 0 Å². The highest BCUT2D eigenvalue weighted by molar-refractivity contribution is 5.77. The second-order valence-electron chi connectivity index (χ2n) is 3.88. The van der Waals surface area contributed by atoms with Crippen LogP contribution in [0.2, 0.25) is 0 Å². The molecule has 0 aromatic heterocycles. The lowest BCUT2D eigenvalue weighted by atomic mass is 10.0. The summed E-state index contributed by atoms with van der Waals surface area (Å²) in [5.41, 5.74) is 1.95. The van der Waals surface area contributed by atoms with E-state index in [1.54, 1.807) is 24.3 Å². The number of phenolic OH excluding ortho intramolecular Hbond substituents is 3. The van der Waals surface area contributed by atoms with Crippen LogP contribution in [0, 0.1) is 0 Å². The van der Waals surface area contributed by atoms with Gasteiger partial charge in [0.15, 0.2) is 11.5 Å². The predicted molar refractivity (Wildman–Crippen MR) is 66.3 cm³/mol. The fourth-order valence-electron chi connectivity index (χ4n) is 1.77. The molecule has 3 N–H and O–H groups in total. The van der Waals surface area contributed by atoms with Crippen molar-refractivity contribution in [2.45, 2.75) is 13.3 Å². The highest BCUT2D eigenvalue weighted by atomic mass is 16.3. The SMILES string of the molecule is CCc1ccc(-c2cccc(O)c2O)c(O)c1. The van der Waals surface area contributed by atoms with Gasteiger partial charge in [0, 0.05) is 11.1 Å². The lowest BCUT2D eigenvalue weighted by Gasteiger charge is -2.09. The van der Waals surface area contributed by atoms with Gasteiger partial charge in [0.1, 0.15) is 5.75 Å². The lowest BCUT2D eigenvalue weighted by Crippen LogP contribution is -1.84. The summed E-state index contributed by atoms with van der Waals surface area (Å²) in [6, 6.07) is 9.96. The van der Waals surface area contributed by atoms with E-state index >= 15 is 0 Å². The number of hydrogen-bond acceptors (Lipinski definition) is 3. The van der Waals surface area contributed by atoms with Gasteiger partial charge < -0.3 is 15.3 Å². The summed E-state index contributed by atoms with van der Waals surface area (Å²) in [7, 11) is 0. The monoisotopic (exact) mass is 230 g/mol. The van der Waals surface area contributed by atoms with Crippen molar-refractivity contribution in [2.24, 2.45) is 0 Å². The summed E-state index contributed by atoms with van der Waals surface area (Å²) in [4.78, 5) is 0. The van der Waals surface area contributed by atoms with Gasteiger partial charge >= 0.3 is 0 Å². The smallest absolute Gasteiger partial charge is 0.165 e. The van der Waals surface area contributed by atoms with E-state index in [0.29, 0.717) is 11.1 Å². The third-order valence-electron chi connectivity index (χ3n) is 2.78. The first-order chi connectivity index (χ1) is 8.13. The van der Waals surface area contributed by atoms with Crippen molar-refractivity contribution in [1.29, 1.82) is 0 Å². The molecule has 3 heteroatoms. The van der Waals surface area contributed by atoms with Crippen LogP contribution in [-0.4, -0.2) is 15.3 Å². The maximum atomic E-state index is 9.90. The minimum absolute atomic E-state index is 0.102. The third kappa shape index (κ3) is 2.04. The molecule has 2 rings (SSSR count). The molecule has 88 valence electrons. The number of phenols is 3. The first-order valence-electron chi connectivity index (χ1n) is 5.46. The van der Waals surface area contributed by atoms with Gasteiger partial charge in [0.2, 0.25) is 0 Å². The van der Waals surface area contributed by atoms with Crippen LogP contribution < -0.4 is 0 Å². The van der Waals surface area contributed by atoms with Crippen LogP contribution in [0.25, 0.3) is 11.1 Å². The Kier molecular flexibility index (Phi) is 2.91. The van der Waals surface area contributed by atoms with Crippen molar-refractivity contribution in [3.63, 3.8) is 0 Å². The van der Waals surface area contributed by atoms with E-state index in [0.717, 1.165) is 12.0 Å². The Bertz CT molecular complexity index is 547. The van der Waals surface area contributed by atoms with Crippen LogP contribution in [0.1, 0.15) is 12.5 Å². The van der Waals surface area contributed by atoms with Crippen molar-refractivity contribution in [3.05, 3.63) is 42.0 Å². The fourth-order valence-corrected chi connectivity index (χ4v) is 1.77. The van der Waals surface area contributed by atoms with Gasteiger partial charge in [0.05, 0.1) is 0 Å². The summed E-state index contributed by atoms with van der Waals surface area (Å²) >= 11 is 0. The molecule has 17 heavy (non-hydrogen) atoms. The highest BCUT2D eigenvalue weighted by Gasteiger charge is 2.11.